The maximum atomic E-state index is 12.3. The summed E-state index contributed by atoms with van der Waals surface area (Å²) in [6.45, 7) is 0.402. The number of nitrogens with two attached hydrogens (primary N) is 2. The van der Waals surface area contributed by atoms with Gasteiger partial charge in [0.15, 0.2) is 0 Å². The van der Waals surface area contributed by atoms with Crippen molar-refractivity contribution in [2.75, 3.05) is 4.72 Å². The predicted octanol–water partition coefficient (Wildman–Crippen LogP) is -0.707. The van der Waals surface area contributed by atoms with E-state index in [0.29, 0.717) is 17.3 Å². The van der Waals surface area contributed by atoms with Crippen LogP contribution in [0.1, 0.15) is 5.56 Å². The van der Waals surface area contributed by atoms with Gasteiger partial charge in [-0.2, -0.15) is 13.2 Å². The van der Waals surface area contributed by atoms with Gasteiger partial charge in [-0.05, 0) is 42.0 Å². The number of carbonyl (C=O) groups excluding carboxylic acids is 1. The predicted molar refractivity (Wildman–Crippen MR) is 97.8 cm³/mol. The lowest BCUT2D eigenvalue weighted by molar-refractivity contribution is -0.477. The Morgan fingerprint density at radius 3 is 2.17 bits per heavy atom. The first-order valence-electron chi connectivity index (χ1n) is 7.58. The van der Waals surface area contributed by atoms with Gasteiger partial charge in [-0.15, -0.1) is 0 Å². The third kappa shape index (κ3) is 8.70. The number of hydrogen-bond acceptors (Lipinski definition) is 4. The fourth-order valence-electron chi connectivity index (χ4n) is 1.78. The monoisotopic (exact) mass is 452 g/mol. The van der Waals surface area contributed by atoms with Crippen molar-refractivity contribution in [3.63, 3.8) is 0 Å². The fraction of sp³-hybridized carbons (Fsp3) is 0.125. The smallest absolute Gasteiger partial charge is 0.430 e. The van der Waals surface area contributed by atoms with E-state index in [9.17, 15) is 21.6 Å². The molecule has 0 aliphatic carbocycles. The first-order chi connectivity index (χ1) is 13.3. The average Bonchev–Trinajstić information content (AvgIpc) is 2.60. The molecule has 0 atom stereocenters. The van der Waals surface area contributed by atoms with Crippen molar-refractivity contribution in [3.8, 4) is 0 Å². The molecule has 0 amide bonds. The van der Waals surface area contributed by atoms with E-state index in [2.05, 4.69) is 9.71 Å². The fourth-order valence-corrected chi connectivity index (χ4v) is 2.95. The molecule has 158 valence electrons. The Hall–Kier alpha value is -2.99. The minimum Gasteiger partial charge on any atom is -0.542 e. The minimum atomic E-state index is -5.19. The Balaban J connectivity index is 0.000000516. The van der Waals surface area contributed by atoms with E-state index >= 15 is 0 Å². The van der Waals surface area contributed by atoms with Crippen LogP contribution in [0.15, 0.2) is 53.4 Å². The third-order valence-corrected chi connectivity index (χ3v) is 4.68. The number of carboxylic acid groups (broad SMARTS) is 1. The van der Waals surface area contributed by atoms with Gasteiger partial charge >= 0.3 is 12.1 Å². The van der Waals surface area contributed by atoms with E-state index < -0.39 is 22.2 Å². The molecule has 2 aromatic carbocycles. The van der Waals surface area contributed by atoms with Gasteiger partial charge in [0.05, 0.1) is 11.4 Å². The van der Waals surface area contributed by atoms with Crippen molar-refractivity contribution in [3.05, 3.63) is 59.1 Å². The highest BCUT2D eigenvalue weighted by molar-refractivity contribution is 7.92. The number of sulfonamides is 1. The zero-order valence-corrected chi connectivity index (χ0v) is 16.1. The summed E-state index contributed by atoms with van der Waals surface area (Å²) in [5.74, 6) is -2.90. The molecule has 0 bridgehead atoms. The number of carboxylic acids is 1. The topological polar surface area (TPSA) is 152 Å². The highest BCUT2D eigenvalue weighted by Gasteiger charge is 2.28. The van der Waals surface area contributed by atoms with Gasteiger partial charge in [0.2, 0.25) is 0 Å². The molecule has 29 heavy (non-hydrogen) atoms. The van der Waals surface area contributed by atoms with Gasteiger partial charge in [-0.3, -0.25) is 21.2 Å². The highest BCUT2D eigenvalue weighted by atomic mass is 35.5. The van der Waals surface area contributed by atoms with Crippen molar-refractivity contribution < 1.29 is 36.5 Å². The summed E-state index contributed by atoms with van der Waals surface area (Å²) < 4.78 is 58.6. The van der Waals surface area contributed by atoms with Crippen LogP contribution in [-0.4, -0.2) is 26.5 Å². The minimum absolute atomic E-state index is 0.104. The van der Waals surface area contributed by atoms with Gasteiger partial charge in [0.1, 0.15) is 5.97 Å². The molecule has 0 heterocycles. The molecule has 2 aromatic rings. The summed E-state index contributed by atoms with van der Waals surface area (Å²) in [6, 6.07) is 12.9. The molecule has 0 aliphatic heterocycles. The van der Waals surface area contributed by atoms with Crippen LogP contribution in [0.5, 0.6) is 0 Å². The summed E-state index contributed by atoms with van der Waals surface area (Å²) in [5, 5.41) is 9.26. The maximum Gasteiger partial charge on any atom is 0.430 e. The van der Waals surface area contributed by atoms with Gasteiger partial charge in [-0.1, -0.05) is 23.7 Å². The van der Waals surface area contributed by atoms with Crippen molar-refractivity contribution in [2.24, 2.45) is 11.5 Å². The van der Waals surface area contributed by atoms with E-state index in [1.165, 1.54) is 24.3 Å². The van der Waals surface area contributed by atoms with E-state index in [1.54, 1.807) is 18.2 Å². The number of benzene rings is 2. The van der Waals surface area contributed by atoms with Crippen LogP contribution in [0.25, 0.3) is 0 Å². The molecule has 0 fully saturated rings. The number of carbonyl (C=O) groups is 1. The van der Waals surface area contributed by atoms with E-state index in [0.717, 1.165) is 5.56 Å². The van der Waals surface area contributed by atoms with E-state index in [4.69, 9.17) is 33.0 Å². The van der Waals surface area contributed by atoms with Crippen LogP contribution in [0, 0.1) is 0 Å². The number of nitrogens with one attached hydrogen (secondary N) is 2. The van der Waals surface area contributed by atoms with E-state index in [-0.39, 0.29) is 10.9 Å². The van der Waals surface area contributed by atoms with Crippen molar-refractivity contribution >= 4 is 39.2 Å². The number of halogens is 4. The molecule has 6 N–H and O–H groups in total. The Labute approximate surface area is 169 Å². The quantitative estimate of drug-likeness (QED) is 0.347. The summed E-state index contributed by atoms with van der Waals surface area (Å²) in [6.07, 6.45) is -5.19. The van der Waals surface area contributed by atoms with Gasteiger partial charge in [0, 0.05) is 10.7 Å². The van der Waals surface area contributed by atoms with Gasteiger partial charge in [0.25, 0.3) is 10.0 Å². The standard InChI is InChI=1S/C14H15ClN4O2S.C2HF3O2/c15-11-4-6-13(7-5-11)22(20,21)19-12-3-1-2-10(8-12)9-18-14(16)17;3-2(4,5)1(6)7/h1-8,19H,9H2,(H4,16,17,18);(H,6,7). The zero-order chi connectivity index (χ0) is 22.2. The second-order valence-corrected chi connectivity index (χ2v) is 7.47. The van der Waals surface area contributed by atoms with Crippen LogP contribution < -0.4 is 26.3 Å². The number of aliphatic carboxylic acids is 1. The molecule has 0 spiro atoms. The summed E-state index contributed by atoms with van der Waals surface area (Å²) >= 11 is 5.76. The molecular formula is C16H16ClF3N4O4S. The first-order valence-corrected chi connectivity index (χ1v) is 9.44. The Bertz CT molecular complexity index is 976. The Kier molecular flexibility index (Phi) is 8.28. The third-order valence-electron chi connectivity index (χ3n) is 3.03. The van der Waals surface area contributed by atoms with Gasteiger partial charge < -0.3 is 9.90 Å². The van der Waals surface area contributed by atoms with Gasteiger partial charge in [-0.25, -0.2) is 8.42 Å². The normalized spacial score (nSPS) is 11.0. The molecule has 0 aromatic heterocycles. The molecule has 13 heteroatoms. The van der Waals surface area contributed by atoms with Crippen LogP contribution in [0.4, 0.5) is 18.9 Å². The van der Waals surface area contributed by atoms with Crippen LogP contribution in [0.3, 0.4) is 0 Å². The molecule has 0 radical (unpaired) electrons. The SMILES string of the molecule is NC(N)=[NH+]Cc1cccc(NS(=O)(=O)c2ccc(Cl)cc2)c1.O=C([O-])C(F)(F)F. The molecule has 0 aliphatic rings. The maximum absolute atomic E-state index is 12.3. The molecule has 0 unspecified atom stereocenters. The molecule has 8 nitrogen and oxygen atoms in total. The largest absolute Gasteiger partial charge is 0.542 e. The number of alkyl halides is 3. The number of guanidine groups is 1. The lowest BCUT2D eigenvalue weighted by atomic mass is 10.2. The molecule has 0 saturated carbocycles. The van der Waals surface area contributed by atoms with Crippen LogP contribution in [-0.2, 0) is 21.4 Å². The average molecular weight is 453 g/mol. The van der Waals surface area contributed by atoms with Crippen molar-refractivity contribution in [1.29, 1.82) is 0 Å². The highest BCUT2D eigenvalue weighted by Crippen LogP contribution is 2.19. The Morgan fingerprint density at radius 2 is 1.69 bits per heavy atom. The number of anilines is 1. The molecular weight excluding hydrogens is 437 g/mol. The van der Waals surface area contributed by atoms with Crippen LogP contribution in [0.2, 0.25) is 5.02 Å². The molecule has 2 rings (SSSR count). The van der Waals surface area contributed by atoms with Crippen LogP contribution >= 0.6 is 11.6 Å². The summed E-state index contributed by atoms with van der Waals surface area (Å²) in [4.78, 5) is 11.7. The Morgan fingerprint density at radius 1 is 1.14 bits per heavy atom. The lowest BCUT2D eigenvalue weighted by Gasteiger charge is -2.09. The summed E-state index contributed by atoms with van der Waals surface area (Å²) in [7, 11) is -3.66. The van der Waals surface area contributed by atoms with Crippen molar-refractivity contribution in [1.82, 2.24) is 0 Å². The second-order valence-electron chi connectivity index (χ2n) is 5.35. The summed E-state index contributed by atoms with van der Waals surface area (Å²) in [5.41, 5.74) is 11.9. The number of hydrogen-bond donors (Lipinski definition) is 4. The number of rotatable bonds is 5. The van der Waals surface area contributed by atoms with E-state index in [1.807, 2.05) is 6.07 Å². The zero-order valence-electron chi connectivity index (χ0n) is 14.5. The second kappa shape index (κ2) is 9.98. The lowest BCUT2D eigenvalue weighted by Crippen LogP contribution is -2.76. The first kappa shape index (κ1) is 24.0. The van der Waals surface area contributed by atoms with Crippen molar-refractivity contribution in [2.45, 2.75) is 17.6 Å². The molecule has 0 saturated heterocycles.